The Hall–Kier alpha value is -1.31. The number of carbonyl (C=O) groups is 1. The summed E-state index contributed by atoms with van der Waals surface area (Å²) in [5.74, 6) is 0.448. The van der Waals surface area contributed by atoms with Crippen LogP contribution in [0.1, 0.15) is 39.2 Å². The Balaban J connectivity index is 0.000000288. The van der Waals surface area contributed by atoms with Crippen LogP contribution in [0.15, 0.2) is 30.3 Å². The quantitative estimate of drug-likeness (QED) is 0.696. The fraction of sp³-hybridized carbons (Fsp3) is 0.462. The van der Waals surface area contributed by atoms with Crippen molar-refractivity contribution in [1.29, 1.82) is 0 Å². The Labute approximate surface area is 92.3 Å². The summed E-state index contributed by atoms with van der Waals surface area (Å²) in [7, 11) is 0. The van der Waals surface area contributed by atoms with Crippen molar-refractivity contribution in [2.75, 3.05) is 6.61 Å². The molecule has 0 saturated heterocycles. The summed E-state index contributed by atoms with van der Waals surface area (Å²) in [5, 5.41) is 0. The molecule has 0 atom stereocenters. The molecule has 2 heteroatoms. The van der Waals surface area contributed by atoms with Crippen LogP contribution in [-0.4, -0.2) is 12.6 Å². The van der Waals surface area contributed by atoms with E-state index in [4.69, 9.17) is 0 Å². The summed E-state index contributed by atoms with van der Waals surface area (Å²) in [4.78, 5) is 9.82. The lowest BCUT2D eigenvalue weighted by Gasteiger charge is -2.01. The van der Waals surface area contributed by atoms with Crippen LogP contribution >= 0.6 is 0 Å². The monoisotopic (exact) mass is 208 g/mol. The van der Waals surface area contributed by atoms with Gasteiger partial charge in [-0.15, -0.1) is 0 Å². The topological polar surface area (TPSA) is 26.3 Å². The number of carbonyl (C=O) groups excluding carboxylic acids is 1. The molecular formula is C13H20O2. The van der Waals surface area contributed by atoms with Crippen molar-refractivity contribution in [2.24, 2.45) is 0 Å². The lowest BCUT2D eigenvalue weighted by Crippen LogP contribution is -1.95. The molecule has 1 aromatic rings. The highest BCUT2D eigenvalue weighted by molar-refractivity contribution is 5.65. The molecule has 0 aliphatic heterocycles. The third-order valence-electron chi connectivity index (χ3n) is 1.81. The van der Waals surface area contributed by atoms with E-state index < -0.39 is 0 Å². The second-order valence-corrected chi connectivity index (χ2v) is 3.49. The summed E-state index contributed by atoms with van der Waals surface area (Å²) in [6.45, 7) is 8.06. The molecule has 0 saturated carbocycles. The summed E-state index contributed by atoms with van der Waals surface area (Å²) in [6.07, 6.45) is 0. The second-order valence-electron chi connectivity index (χ2n) is 3.49. The maximum Gasteiger partial charge on any atom is 0.302 e. The standard InChI is InChI=1S/C9H12.C4H8O2/c1-8(2)9-6-4-3-5-7-9;1-3-6-4(2)5/h3-8H,1-2H3;3H2,1-2H3. The summed E-state index contributed by atoms with van der Waals surface area (Å²) >= 11 is 0. The molecule has 0 fully saturated rings. The van der Waals surface area contributed by atoms with Gasteiger partial charge in [-0.3, -0.25) is 4.79 Å². The molecule has 0 aliphatic carbocycles. The van der Waals surface area contributed by atoms with E-state index in [0.29, 0.717) is 12.5 Å². The Morgan fingerprint density at radius 2 is 1.80 bits per heavy atom. The smallest absolute Gasteiger partial charge is 0.302 e. The average molecular weight is 208 g/mol. The first-order valence-electron chi connectivity index (χ1n) is 5.26. The number of rotatable bonds is 2. The van der Waals surface area contributed by atoms with E-state index in [0.717, 1.165) is 0 Å². The lowest BCUT2D eigenvalue weighted by molar-refractivity contribution is -0.140. The fourth-order valence-electron chi connectivity index (χ4n) is 1.04. The van der Waals surface area contributed by atoms with Gasteiger partial charge in [-0.05, 0) is 18.4 Å². The molecule has 0 unspecified atom stereocenters. The highest BCUT2D eigenvalue weighted by Gasteiger charge is 1.93. The average Bonchev–Trinajstić information content (AvgIpc) is 2.20. The SMILES string of the molecule is CC(C)c1ccccc1.CCOC(C)=O. The van der Waals surface area contributed by atoms with Crippen LogP contribution in [0.3, 0.4) is 0 Å². The van der Waals surface area contributed by atoms with Gasteiger partial charge in [0, 0.05) is 6.92 Å². The molecular weight excluding hydrogens is 188 g/mol. The molecule has 2 nitrogen and oxygen atoms in total. The zero-order chi connectivity index (χ0) is 11.7. The van der Waals surface area contributed by atoms with Crippen molar-refractivity contribution in [1.82, 2.24) is 0 Å². The third-order valence-corrected chi connectivity index (χ3v) is 1.81. The minimum atomic E-state index is -0.211. The highest BCUT2D eigenvalue weighted by Crippen LogP contribution is 2.11. The normalized spacial score (nSPS) is 9.13. The number of ether oxygens (including phenoxy) is 1. The van der Waals surface area contributed by atoms with Gasteiger partial charge in [0.05, 0.1) is 6.61 Å². The lowest BCUT2D eigenvalue weighted by atomic mass is 10.0. The van der Waals surface area contributed by atoms with Gasteiger partial charge < -0.3 is 4.74 Å². The minimum Gasteiger partial charge on any atom is -0.466 e. The zero-order valence-electron chi connectivity index (χ0n) is 9.99. The van der Waals surface area contributed by atoms with E-state index in [9.17, 15) is 4.79 Å². The third kappa shape index (κ3) is 7.74. The summed E-state index contributed by atoms with van der Waals surface area (Å²) < 4.78 is 4.40. The molecule has 0 spiro atoms. The largest absolute Gasteiger partial charge is 0.466 e. The number of benzene rings is 1. The first-order chi connectivity index (χ1) is 7.07. The van der Waals surface area contributed by atoms with Gasteiger partial charge in [0.2, 0.25) is 0 Å². The number of hydrogen-bond acceptors (Lipinski definition) is 2. The van der Waals surface area contributed by atoms with Crippen molar-refractivity contribution in [3.05, 3.63) is 35.9 Å². The van der Waals surface area contributed by atoms with Gasteiger partial charge in [-0.25, -0.2) is 0 Å². The molecule has 1 aromatic carbocycles. The Kier molecular flexibility index (Phi) is 7.33. The van der Waals surface area contributed by atoms with Gasteiger partial charge >= 0.3 is 5.97 Å². The van der Waals surface area contributed by atoms with Gasteiger partial charge in [0.25, 0.3) is 0 Å². The predicted octanol–water partition coefficient (Wildman–Crippen LogP) is 3.38. The van der Waals surface area contributed by atoms with Crippen LogP contribution < -0.4 is 0 Å². The summed E-state index contributed by atoms with van der Waals surface area (Å²) in [6, 6.07) is 10.5. The van der Waals surface area contributed by atoms with E-state index in [1.807, 2.05) is 6.07 Å². The van der Waals surface area contributed by atoms with Crippen LogP contribution in [0, 0.1) is 0 Å². The molecule has 15 heavy (non-hydrogen) atoms. The van der Waals surface area contributed by atoms with Crippen molar-refractivity contribution in [2.45, 2.75) is 33.6 Å². The van der Waals surface area contributed by atoms with Crippen molar-refractivity contribution in [3.63, 3.8) is 0 Å². The molecule has 0 amide bonds. The van der Waals surface area contributed by atoms with Crippen molar-refractivity contribution < 1.29 is 9.53 Å². The summed E-state index contributed by atoms with van der Waals surface area (Å²) in [5.41, 5.74) is 1.41. The van der Waals surface area contributed by atoms with Crippen LogP contribution in [-0.2, 0) is 9.53 Å². The second kappa shape index (κ2) is 8.04. The van der Waals surface area contributed by atoms with E-state index in [1.165, 1.54) is 12.5 Å². The number of esters is 1. The predicted molar refractivity (Wildman–Crippen MR) is 62.8 cm³/mol. The van der Waals surface area contributed by atoms with E-state index in [2.05, 4.69) is 42.8 Å². The van der Waals surface area contributed by atoms with Crippen LogP contribution in [0.2, 0.25) is 0 Å². The van der Waals surface area contributed by atoms with Gasteiger partial charge in [0.1, 0.15) is 0 Å². The van der Waals surface area contributed by atoms with Gasteiger partial charge in [0.15, 0.2) is 0 Å². The Bertz CT molecular complexity index is 265. The fourth-order valence-corrected chi connectivity index (χ4v) is 1.04. The number of hydrogen-bond donors (Lipinski definition) is 0. The first kappa shape index (κ1) is 13.7. The van der Waals surface area contributed by atoms with Crippen molar-refractivity contribution in [3.8, 4) is 0 Å². The molecule has 1 rings (SSSR count). The van der Waals surface area contributed by atoms with E-state index >= 15 is 0 Å². The van der Waals surface area contributed by atoms with Crippen LogP contribution in [0.5, 0.6) is 0 Å². The Morgan fingerprint density at radius 1 is 1.27 bits per heavy atom. The minimum absolute atomic E-state index is 0.211. The molecule has 0 N–H and O–H groups in total. The molecule has 0 aromatic heterocycles. The molecule has 0 bridgehead atoms. The molecule has 0 aliphatic rings. The van der Waals surface area contributed by atoms with Crippen LogP contribution in [0.25, 0.3) is 0 Å². The first-order valence-corrected chi connectivity index (χ1v) is 5.26. The van der Waals surface area contributed by atoms with Gasteiger partial charge in [-0.1, -0.05) is 44.2 Å². The Morgan fingerprint density at radius 3 is 2.00 bits per heavy atom. The molecule has 0 radical (unpaired) electrons. The molecule has 84 valence electrons. The maximum absolute atomic E-state index is 9.82. The molecule has 0 heterocycles. The van der Waals surface area contributed by atoms with E-state index in [1.54, 1.807) is 6.92 Å². The van der Waals surface area contributed by atoms with E-state index in [-0.39, 0.29) is 5.97 Å². The zero-order valence-corrected chi connectivity index (χ0v) is 9.99. The van der Waals surface area contributed by atoms with Gasteiger partial charge in [-0.2, -0.15) is 0 Å². The maximum atomic E-state index is 9.82. The van der Waals surface area contributed by atoms with Crippen LogP contribution in [0.4, 0.5) is 0 Å². The highest BCUT2D eigenvalue weighted by atomic mass is 16.5. The van der Waals surface area contributed by atoms with Crippen molar-refractivity contribution >= 4 is 5.97 Å².